The van der Waals surface area contributed by atoms with E-state index in [4.69, 9.17) is 0 Å². The summed E-state index contributed by atoms with van der Waals surface area (Å²) in [6.45, 7) is 8.74. The minimum atomic E-state index is 1.08. The van der Waals surface area contributed by atoms with Crippen molar-refractivity contribution < 1.29 is 0 Å². The lowest BCUT2D eigenvalue weighted by molar-refractivity contribution is 0.773. The molecule has 0 unspecified atom stereocenters. The summed E-state index contributed by atoms with van der Waals surface area (Å²) in [7, 11) is 0. The average molecular weight is 245 g/mol. The van der Waals surface area contributed by atoms with Gasteiger partial charge in [-0.2, -0.15) is 0 Å². The van der Waals surface area contributed by atoms with Gasteiger partial charge in [0, 0.05) is 11.4 Å². The van der Waals surface area contributed by atoms with E-state index < -0.39 is 0 Å². The molecule has 18 heavy (non-hydrogen) atoms. The van der Waals surface area contributed by atoms with Crippen molar-refractivity contribution >= 4 is 0 Å². The van der Waals surface area contributed by atoms with E-state index in [1.807, 2.05) is 0 Å². The monoisotopic (exact) mass is 245 g/mol. The summed E-state index contributed by atoms with van der Waals surface area (Å²) in [4.78, 5) is 0. The Morgan fingerprint density at radius 3 is 2.61 bits per heavy atom. The van der Waals surface area contributed by atoms with E-state index in [1.54, 1.807) is 0 Å². The van der Waals surface area contributed by atoms with E-state index in [2.05, 4.69) is 57.3 Å². The number of hydrogen-bond donors (Lipinski definition) is 1. The van der Waals surface area contributed by atoms with Gasteiger partial charge in [0.25, 0.3) is 0 Å². The van der Waals surface area contributed by atoms with E-state index in [9.17, 15) is 0 Å². The summed E-state index contributed by atoms with van der Waals surface area (Å²) in [6, 6.07) is 0. The highest BCUT2D eigenvalue weighted by molar-refractivity contribution is 5.43. The second-order valence-electron chi connectivity index (χ2n) is 4.90. The zero-order valence-electron chi connectivity index (χ0n) is 12.3. The second-order valence-corrected chi connectivity index (χ2v) is 4.90. The number of allylic oxidation sites excluding steroid dienone is 8. The van der Waals surface area contributed by atoms with Crippen LogP contribution in [0, 0.1) is 0 Å². The van der Waals surface area contributed by atoms with Crippen LogP contribution in [0.2, 0.25) is 0 Å². The predicted molar refractivity (Wildman–Crippen MR) is 81.2 cm³/mol. The fourth-order valence-electron chi connectivity index (χ4n) is 2.34. The van der Waals surface area contributed by atoms with Gasteiger partial charge >= 0.3 is 0 Å². The maximum absolute atomic E-state index is 3.60. The predicted octanol–water partition coefficient (Wildman–Crippen LogP) is 5.24. The second kappa shape index (κ2) is 7.97. The van der Waals surface area contributed by atoms with Crippen molar-refractivity contribution in [2.24, 2.45) is 0 Å². The molecule has 0 spiro atoms. The molecular weight excluding hydrogens is 218 g/mol. The zero-order valence-corrected chi connectivity index (χ0v) is 12.3. The fourth-order valence-corrected chi connectivity index (χ4v) is 2.34. The average Bonchev–Trinajstić information content (AvgIpc) is 2.55. The molecule has 1 heteroatoms. The van der Waals surface area contributed by atoms with Crippen LogP contribution in [0.25, 0.3) is 0 Å². The molecule has 1 rings (SSSR count). The van der Waals surface area contributed by atoms with Gasteiger partial charge < -0.3 is 5.32 Å². The molecule has 0 aliphatic heterocycles. The third kappa shape index (κ3) is 4.56. The lowest BCUT2D eigenvalue weighted by Gasteiger charge is -2.15. The molecule has 1 N–H and O–H groups in total. The van der Waals surface area contributed by atoms with Crippen molar-refractivity contribution in [2.75, 3.05) is 0 Å². The van der Waals surface area contributed by atoms with Crippen LogP contribution in [0.15, 0.2) is 46.8 Å². The molecule has 0 bridgehead atoms. The lowest BCUT2D eigenvalue weighted by atomic mass is 10.0. The Bertz CT molecular complexity index is 380. The van der Waals surface area contributed by atoms with Gasteiger partial charge in [-0.15, -0.1) is 0 Å². The summed E-state index contributed by atoms with van der Waals surface area (Å²) in [5.41, 5.74) is 5.43. The van der Waals surface area contributed by atoms with Gasteiger partial charge in [-0.1, -0.05) is 38.2 Å². The molecule has 0 aromatic rings. The summed E-state index contributed by atoms with van der Waals surface area (Å²) < 4.78 is 0. The molecule has 0 fully saturated rings. The highest BCUT2D eigenvalue weighted by atomic mass is 14.9. The van der Waals surface area contributed by atoms with Crippen LogP contribution >= 0.6 is 0 Å². The molecule has 1 aliphatic rings. The van der Waals surface area contributed by atoms with Gasteiger partial charge in [-0.3, -0.25) is 0 Å². The minimum Gasteiger partial charge on any atom is -0.362 e. The first-order valence-electron chi connectivity index (χ1n) is 7.19. The molecule has 0 aromatic carbocycles. The molecule has 1 aliphatic carbocycles. The SMILES string of the molecule is CC/C=C(\C)NC1=C(/C(C)=C/CC)C=CCCC1. The molecule has 0 aromatic heterocycles. The summed E-state index contributed by atoms with van der Waals surface area (Å²) in [6.07, 6.45) is 14.9. The fraction of sp³-hybridized carbons (Fsp3) is 0.529. The van der Waals surface area contributed by atoms with Crippen molar-refractivity contribution in [1.29, 1.82) is 0 Å². The normalized spacial score (nSPS) is 18.0. The standard InChI is InChI=1S/C17H27N/c1-5-10-14(3)16-12-8-7-9-13-17(16)18-15(4)11-6-2/h8,10-12,18H,5-7,9,13H2,1-4H3/b14-10+,15-11+. The molecule has 0 radical (unpaired) electrons. The first-order valence-corrected chi connectivity index (χ1v) is 7.19. The molecular formula is C17H27N. The Morgan fingerprint density at radius 2 is 1.94 bits per heavy atom. The molecule has 0 saturated carbocycles. The van der Waals surface area contributed by atoms with Gasteiger partial charge in [0.15, 0.2) is 0 Å². The van der Waals surface area contributed by atoms with Crippen LogP contribution in [-0.2, 0) is 0 Å². The maximum Gasteiger partial charge on any atom is 0.0224 e. The van der Waals surface area contributed by atoms with E-state index in [-0.39, 0.29) is 0 Å². The number of rotatable bonds is 5. The number of hydrogen-bond acceptors (Lipinski definition) is 1. The van der Waals surface area contributed by atoms with Crippen LogP contribution in [0.3, 0.4) is 0 Å². The molecule has 0 heterocycles. The van der Waals surface area contributed by atoms with E-state index in [1.165, 1.54) is 35.4 Å². The zero-order chi connectivity index (χ0) is 13.4. The van der Waals surface area contributed by atoms with E-state index in [0.29, 0.717) is 0 Å². The maximum atomic E-state index is 3.60. The van der Waals surface area contributed by atoms with E-state index >= 15 is 0 Å². The minimum absolute atomic E-state index is 1.08. The Kier molecular flexibility index (Phi) is 6.56. The van der Waals surface area contributed by atoms with Crippen LogP contribution in [0.5, 0.6) is 0 Å². The highest BCUT2D eigenvalue weighted by Gasteiger charge is 2.09. The Hall–Kier alpha value is -1.24. The summed E-state index contributed by atoms with van der Waals surface area (Å²) in [5, 5.41) is 3.60. The first kappa shape index (κ1) is 14.8. The lowest BCUT2D eigenvalue weighted by Crippen LogP contribution is -2.13. The molecule has 0 atom stereocenters. The summed E-state index contributed by atoms with van der Waals surface area (Å²) >= 11 is 0. The first-order chi connectivity index (χ1) is 8.69. The van der Waals surface area contributed by atoms with Crippen LogP contribution in [-0.4, -0.2) is 0 Å². The van der Waals surface area contributed by atoms with Crippen LogP contribution in [0.4, 0.5) is 0 Å². The van der Waals surface area contributed by atoms with Gasteiger partial charge in [-0.25, -0.2) is 0 Å². The molecule has 100 valence electrons. The van der Waals surface area contributed by atoms with Crippen molar-refractivity contribution in [3.63, 3.8) is 0 Å². The van der Waals surface area contributed by atoms with Gasteiger partial charge in [-0.05, 0) is 57.1 Å². The molecule has 1 nitrogen and oxygen atoms in total. The Labute approximate surface area is 112 Å². The van der Waals surface area contributed by atoms with Crippen LogP contribution < -0.4 is 5.32 Å². The third-order valence-electron chi connectivity index (χ3n) is 3.20. The largest absolute Gasteiger partial charge is 0.362 e. The van der Waals surface area contributed by atoms with Gasteiger partial charge in [0.1, 0.15) is 0 Å². The van der Waals surface area contributed by atoms with Crippen molar-refractivity contribution in [3.05, 3.63) is 46.8 Å². The van der Waals surface area contributed by atoms with Crippen molar-refractivity contribution in [1.82, 2.24) is 5.32 Å². The van der Waals surface area contributed by atoms with Gasteiger partial charge in [0.05, 0.1) is 0 Å². The topological polar surface area (TPSA) is 12.0 Å². The third-order valence-corrected chi connectivity index (χ3v) is 3.20. The molecule has 0 amide bonds. The van der Waals surface area contributed by atoms with Crippen molar-refractivity contribution in [3.8, 4) is 0 Å². The Morgan fingerprint density at radius 1 is 1.22 bits per heavy atom. The number of nitrogens with one attached hydrogen (secondary N) is 1. The van der Waals surface area contributed by atoms with Crippen LogP contribution in [0.1, 0.15) is 59.8 Å². The van der Waals surface area contributed by atoms with Gasteiger partial charge in [0.2, 0.25) is 0 Å². The highest BCUT2D eigenvalue weighted by Crippen LogP contribution is 2.23. The smallest absolute Gasteiger partial charge is 0.0224 e. The Balaban J connectivity index is 3.01. The van der Waals surface area contributed by atoms with E-state index in [0.717, 1.165) is 19.3 Å². The quantitative estimate of drug-likeness (QED) is 0.698. The van der Waals surface area contributed by atoms with Crippen molar-refractivity contribution in [2.45, 2.75) is 59.8 Å². The molecule has 0 saturated heterocycles. The summed E-state index contributed by atoms with van der Waals surface area (Å²) in [5.74, 6) is 0.